The summed E-state index contributed by atoms with van der Waals surface area (Å²) in [5.41, 5.74) is 1.02. The maximum Gasteiger partial charge on any atom is 0.133 e. The van der Waals surface area contributed by atoms with Gasteiger partial charge in [-0.2, -0.15) is 0 Å². The zero-order chi connectivity index (χ0) is 13.7. The van der Waals surface area contributed by atoms with Crippen LogP contribution in [0.4, 0.5) is 5.82 Å². The van der Waals surface area contributed by atoms with Gasteiger partial charge in [-0.3, -0.25) is 0 Å². The molecule has 1 unspecified atom stereocenters. The van der Waals surface area contributed by atoms with Gasteiger partial charge in [0, 0.05) is 30.8 Å². The van der Waals surface area contributed by atoms with Crippen molar-refractivity contribution in [1.82, 2.24) is 9.97 Å². The normalized spacial score (nSPS) is 19.7. The summed E-state index contributed by atoms with van der Waals surface area (Å²) < 4.78 is 5.73. The van der Waals surface area contributed by atoms with Crippen LogP contribution in [0.25, 0.3) is 0 Å². The molecular formula is C15H25N3O. The third-order valence-corrected chi connectivity index (χ3v) is 3.43. The van der Waals surface area contributed by atoms with E-state index >= 15 is 0 Å². The molecule has 2 rings (SSSR count). The molecule has 1 saturated heterocycles. The minimum Gasteiger partial charge on any atom is -0.378 e. The van der Waals surface area contributed by atoms with Gasteiger partial charge < -0.3 is 10.1 Å². The summed E-state index contributed by atoms with van der Waals surface area (Å²) in [6, 6.07) is 2.01. The molecule has 2 heterocycles. The monoisotopic (exact) mass is 263 g/mol. The van der Waals surface area contributed by atoms with E-state index in [-0.39, 0.29) is 0 Å². The highest BCUT2D eigenvalue weighted by Crippen LogP contribution is 2.17. The van der Waals surface area contributed by atoms with Crippen molar-refractivity contribution in [3.05, 3.63) is 17.6 Å². The highest BCUT2D eigenvalue weighted by atomic mass is 16.5. The van der Waals surface area contributed by atoms with Crippen molar-refractivity contribution in [1.29, 1.82) is 0 Å². The number of rotatable bonds is 5. The van der Waals surface area contributed by atoms with Crippen LogP contribution in [-0.2, 0) is 4.74 Å². The Balaban J connectivity index is 1.84. The van der Waals surface area contributed by atoms with Gasteiger partial charge in [0.05, 0.1) is 6.10 Å². The van der Waals surface area contributed by atoms with Crippen LogP contribution in [0.15, 0.2) is 6.07 Å². The van der Waals surface area contributed by atoms with E-state index in [9.17, 15) is 0 Å². The van der Waals surface area contributed by atoms with Crippen LogP contribution in [0.2, 0.25) is 0 Å². The standard InChI is InChI=1S/C15H25N3O/c1-11(2)15-17-12(3)10-14(18-15)16-8-7-13-6-4-5-9-19-13/h10-11,13H,4-9H2,1-3H3,(H,16,17,18). The summed E-state index contributed by atoms with van der Waals surface area (Å²) in [6.45, 7) is 8.10. The van der Waals surface area contributed by atoms with E-state index in [1.54, 1.807) is 0 Å². The molecule has 1 aliphatic rings. The molecule has 4 nitrogen and oxygen atoms in total. The van der Waals surface area contributed by atoms with Crippen LogP contribution in [0.3, 0.4) is 0 Å². The minimum atomic E-state index is 0.363. The number of anilines is 1. The molecule has 4 heteroatoms. The molecule has 0 radical (unpaired) electrons. The van der Waals surface area contributed by atoms with Crippen LogP contribution in [-0.4, -0.2) is 29.2 Å². The van der Waals surface area contributed by atoms with E-state index in [4.69, 9.17) is 4.74 Å². The fraction of sp³-hybridized carbons (Fsp3) is 0.733. The largest absolute Gasteiger partial charge is 0.378 e. The van der Waals surface area contributed by atoms with Gasteiger partial charge in [0.15, 0.2) is 0 Å². The Morgan fingerprint density at radius 1 is 1.37 bits per heavy atom. The van der Waals surface area contributed by atoms with E-state index in [0.717, 1.165) is 36.9 Å². The lowest BCUT2D eigenvalue weighted by atomic mass is 10.1. The Morgan fingerprint density at radius 2 is 2.21 bits per heavy atom. The highest BCUT2D eigenvalue weighted by Gasteiger charge is 2.13. The number of nitrogens with zero attached hydrogens (tertiary/aromatic N) is 2. The van der Waals surface area contributed by atoms with Gasteiger partial charge in [0.2, 0.25) is 0 Å². The molecule has 1 aliphatic heterocycles. The van der Waals surface area contributed by atoms with Gasteiger partial charge in [0.1, 0.15) is 11.6 Å². The zero-order valence-corrected chi connectivity index (χ0v) is 12.3. The number of aromatic nitrogens is 2. The summed E-state index contributed by atoms with van der Waals surface area (Å²) in [5.74, 6) is 2.21. The summed E-state index contributed by atoms with van der Waals surface area (Å²) >= 11 is 0. The molecule has 1 aromatic heterocycles. The topological polar surface area (TPSA) is 47.0 Å². The second-order valence-electron chi connectivity index (χ2n) is 5.61. The van der Waals surface area contributed by atoms with Gasteiger partial charge in [-0.1, -0.05) is 13.8 Å². The van der Waals surface area contributed by atoms with Crippen LogP contribution < -0.4 is 5.32 Å². The van der Waals surface area contributed by atoms with Crippen LogP contribution in [0.1, 0.15) is 57.0 Å². The SMILES string of the molecule is Cc1cc(NCCC2CCCCO2)nc(C(C)C)n1. The number of hydrogen-bond acceptors (Lipinski definition) is 4. The molecule has 0 aliphatic carbocycles. The van der Waals surface area contributed by atoms with Crippen LogP contribution in [0.5, 0.6) is 0 Å². The summed E-state index contributed by atoms with van der Waals surface area (Å²) in [7, 11) is 0. The maximum absolute atomic E-state index is 5.73. The average Bonchev–Trinajstić information content (AvgIpc) is 2.39. The van der Waals surface area contributed by atoms with Gasteiger partial charge in [0.25, 0.3) is 0 Å². The van der Waals surface area contributed by atoms with E-state index in [1.807, 2.05) is 13.0 Å². The van der Waals surface area contributed by atoms with Crippen molar-refractivity contribution >= 4 is 5.82 Å². The molecule has 1 N–H and O–H groups in total. The van der Waals surface area contributed by atoms with Gasteiger partial charge in [-0.25, -0.2) is 9.97 Å². The Kier molecular flexibility index (Phi) is 5.14. The molecular weight excluding hydrogens is 238 g/mol. The van der Waals surface area contributed by atoms with E-state index in [2.05, 4.69) is 29.1 Å². The van der Waals surface area contributed by atoms with Crippen LogP contribution >= 0.6 is 0 Å². The molecule has 19 heavy (non-hydrogen) atoms. The van der Waals surface area contributed by atoms with Crippen molar-refractivity contribution in [2.24, 2.45) is 0 Å². The Labute approximate surface area is 116 Å². The number of nitrogens with one attached hydrogen (secondary N) is 1. The Hall–Kier alpha value is -1.16. The van der Waals surface area contributed by atoms with Crippen LogP contribution in [0, 0.1) is 6.92 Å². The lowest BCUT2D eigenvalue weighted by molar-refractivity contribution is 0.0134. The van der Waals surface area contributed by atoms with Crippen molar-refractivity contribution < 1.29 is 4.74 Å². The summed E-state index contributed by atoms with van der Waals surface area (Å²) in [6.07, 6.45) is 5.19. The number of hydrogen-bond donors (Lipinski definition) is 1. The highest BCUT2D eigenvalue weighted by molar-refractivity contribution is 5.36. The average molecular weight is 263 g/mol. The van der Waals surface area contributed by atoms with Crippen molar-refractivity contribution in [3.8, 4) is 0 Å². The Morgan fingerprint density at radius 3 is 2.89 bits per heavy atom. The Bertz CT molecular complexity index is 400. The molecule has 0 saturated carbocycles. The lowest BCUT2D eigenvalue weighted by Crippen LogP contribution is -2.22. The second-order valence-corrected chi connectivity index (χ2v) is 5.61. The van der Waals surface area contributed by atoms with Crippen molar-refractivity contribution in [3.63, 3.8) is 0 Å². The van der Waals surface area contributed by atoms with E-state index in [0.29, 0.717) is 12.0 Å². The molecule has 0 amide bonds. The lowest BCUT2D eigenvalue weighted by Gasteiger charge is -2.22. The predicted molar refractivity (Wildman–Crippen MR) is 77.6 cm³/mol. The molecule has 1 fully saturated rings. The summed E-state index contributed by atoms with van der Waals surface area (Å²) in [5, 5.41) is 3.40. The third-order valence-electron chi connectivity index (χ3n) is 3.43. The molecule has 1 aromatic rings. The number of aryl methyl sites for hydroxylation is 1. The molecule has 0 bridgehead atoms. The maximum atomic E-state index is 5.73. The quantitative estimate of drug-likeness (QED) is 0.885. The minimum absolute atomic E-state index is 0.363. The van der Waals surface area contributed by atoms with Gasteiger partial charge >= 0.3 is 0 Å². The molecule has 106 valence electrons. The van der Waals surface area contributed by atoms with Crippen molar-refractivity contribution in [2.75, 3.05) is 18.5 Å². The van der Waals surface area contributed by atoms with E-state index in [1.165, 1.54) is 19.3 Å². The first-order chi connectivity index (χ1) is 9.15. The number of ether oxygens (including phenoxy) is 1. The smallest absolute Gasteiger partial charge is 0.133 e. The molecule has 0 aromatic carbocycles. The first-order valence-corrected chi connectivity index (χ1v) is 7.36. The predicted octanol–water partition coefficient (Wildman–Crippen LogP) is 3.28. The van der Waals surface area contributed by atoms with Gasteiger partial charge in [-0.15, -0.1) is 0 Å². The second kappa shape index (κ2) is 6.85. The third kappa shape index (κ3) is 4.46. The van der Waals surface area contributed by atoms with Gasteiger partial charge in [-0.05, 0) is 32.6 Å². The fourth-order valence-corrected chi connectivity index (χ4v) is 2.34. The fourth-order valence-electron chi connectivity index (χ4n) is 2.34. The van der Waals surface area contributed by atoms with Crippen molar-refractivity contribution in [2.45, 2.75) is 58.5 Å². The molecule has 1 atom stereocenters. The molecule has 0 spiro atoms. The first kappa shape index (κ1) is 14.3. The van der Waals surface area contributed by atoms with E-state index < -0.39 is 0 Å². The summed E-state index contributed by atoms with van der Waals surface area (Å²) in [4.78, 5) is 9.01. The zero-order valence-electron chi connectivity index (χ0n) is 12.3. The first-order valence-electron chi connectivity index (χ1n) is 7.36.